The van der Waals surface area contributed by atoms with Crippen molar-refractivity contribution in [2.24, 2.45) is 0 Å². The summed E-state index contributed by atoms with van der Waals surface area (Å²) >= 11 is 1.65. The van der Waals surface area contributed by atoms with Crippen LogP contribution in [-0.4, -0.2) is 53.5 Å². The SMILES string of the molecule is COCCN1CC(SNc2ncc(-c3cccc(C)c3F)[nH]2)C1. The van der Waals surface area contributed by atoms with Gasteiger partial charge in [0.05, 0.1) is 23.7 Å². The van der Waals surface area contributed by atoms with E-state index in [1.165, 1.54) is 0 Å². The molecule has 0 aliphatic carbocycles. The topological polar surface area (TPSA) is 53.2 Å². The number of hydrogen-bond acceptors (Lipinski definition) is 5. The highest BCUT2D eigenvalue weighted by Gasteiger charge is 2.27. The lowest BCUT2D eigenvalue weighted by Crippen LogP contribution is -2.50. The Morgan fingerprint density at radius 3 is 3.09 bits per heavy atom. The van der Waals surface area contributed by atoms with Crippen molar-refractivity contribution in [1.29, 1.82) is 0 Å². The summed E-state index contributed by atoms with van der Waals surface area (Å²) in [6, 6.07) is 5.36. The molecule has 2 aromatic rings. The Labute approximate surface area is 139 Å². The minimum atomic E-state index is -0.205. The summed E-state index contributed by atoms with van der Waals surface area (Å²) in [6.45, 7) is 5.60. The maximum absolute atomic E-state index is 14.1. The van der Waals surface area contributed by atoms with E-state index in [9.17, 15) is 4.39 Å². The summed E-state index contributed by atoms with van der Waals surface area (Å²) in [7, 11) is 1.72. The van der Waals surface area contributed by atoms with Crippen molar-refractivity contribution in [3.8, 4) is 11.3 Å². The molecule has 1 saturated heterocycles. The lowest BCUT2D eigenvalue weighted by atomic mass is 10.1. The number of ether oxygens (including phenoxy) is 1. The number of benzene rings is 1. The van der Waals surface area contributed by atoms with Gasteiger partial charge in [-0.15, -0.1) is 0 Å². The van der Waals surface area contributed by atoms with Crippen LogP contribution in [0.1, 0.15) is 5.56 Å². The first-order chi connectivity index (χ1) is 11.2. The summed E-state index contributed by atoms with van der Waals surface area (Å²) in [4.78, 5) is 9.75. The lowest BCUT2D eigenvalue weighted by molar-refractivity contribution is 0.116. The highest BCUT2D eigenvalue weighted by Crippen LogP contribution is 2.26. The van der Waals surface area contributed by atoms with E-state index in [1.54, 1.807) is 44.3 Å². The number of imidazole rings is 1. The Balaban J connectivity index is 1.52. The van der Waals surface area contributed by atoms with Crippen molar-refractivity contribution in [1.82, 2.24) is 14.9 Å². The first-order valence-electron chi connectivity index (χ1n) is 7.61. The molecule has 23 heavy (non-hydrogen) atoms. The van der Waals surface area contributed by atoms with E-state index in [4.69, 9.17) is 4.74 Å². The van der Waals surface area contributed by atoms with Gasteiger partial charge in [0.25, 0.3) is 0 Å². The maximum atomic E-state index is 14.1. The number of H-pyrrole nitrogens is 1. The normalized spacial score (nSPS) is 15.6. The average molecular weight is 336 g/mol. The molecule has 1 fully saturated rings. The second-order valence-corrected chi connectivity index (χ2v) is 6.78. The number of nitrogens with one attached hydrogen (secondary N) is 2. The Morgan fingerprint density at radius 1 is 1.48 bits per heavy atom. The van der Waals surface area contributed by atoms with E-state index < -0.39 is 0 Å². The van der Waals surface area contributed by atoms with E-state index >= 15 is 0 Å². The molecule has 2 N–H and O–H groups in total. The number of aromatic amines is 1. The largest absolute Gasteiger partial charge is 0.383 e. The van der Waals surface area contributed by atoms with E-state index in [0.29, 0.717) is 28.0 Å². The fraction of sp³-hybridized carbons (Fsp3) is 0.438. The predicted octanol–water partition coefficient (Wildman–Crippen LogP) is 2.91. The van der Waals surface area contributed by atoms with Crippen molar-refractivity contribution in [2.45, 2.75) is 12.2 Å². The Kier molecular flexibility index (Phi) is 5.20. The number of anilines is 1. The van der Waals surface area contributed by atoms with E-state index in [0.717, 1.165) is 26.2 Å². The van der Waals surface area contributed by atoms with Crippen LogP contribution in [-0.2, 0) is 4.74 Å². The Hall–Kier alpha value is -1.57. The molecule has 1 aliphatic heterocycles. The Morgan fingerprint density at radius 2 is 2.30 bits per heavy atom. The first-order valence-corrected chi connectivity index (χ1v) is 8.49. The molecule has 1 aliphatic rings. The molecular formula is C16H21FN4OS. The number of rotatable bonds is 7. The van der Waals surface area contributed by atoms with Crippen molar-refractivity contribution in [3.05, 3.63) is 35.8 Å². The van der Waals surface area contributed by atoms with Gasteiger partial charge in [-0.2, -0.15) is 0 Å². The van der Waals surface area contributed by atoms with E-state index in [1.807, 2.05) is 6.07 Å². The van der Waals surface area contributed by atoms with Crippen LogP contribution in [0.15, 0.2) is 24.4 Å². The van der Waals surface area contributed by atoms with Crippen molar-refractivity contribution in [2.75, 3.05) is 38.1 Å². The average Bonchev–Trinajstić information content (AvgIpc) is 2.96. The summed E-state index contributed by atoms with van der Waals surface area (Å²) in [5, 5.41) is 0.538. The van der Waals surface area contributed by atoms with Gasteiger partial charge in [-0.3, -0.25) is 9.62 Å². The van der Waals surface area contributed by atoms with Crippen molar-refractivity contribution < 1.29 is 9.13 Å². The fourth-order valence-electron chi connectivity index (χ4n) is 2.50. The fourth-order valence-corrected chi connectivity index (χ4v) is 3.46. The lowest BCUT2D eigenvalue weighted by Gasteiger charge is -2.38. The zero-order valence-corrected chi connectivity index (χ0v) is 14.1. The van der Waals surface area contributed by atoms with Crippen molar-refractivity contribution in [3.63, 3.8) is 0 Å². The van der Waals surface area contributed by atoms with E-state index in [-0.39, 0.29) is 5.82 Å². The van der Waals surface area contributed by atoms with Crippen LogP contribution in [0.2, 0.25) is 0 Å². The third-order valence-corrected chi connectivity index (χ3v) is 4.86. The molecule has 2 heterocycles. The van der Waals surface area contributed by atoms with Gasteiger partial charge in [0.2, 0.25) is 5.95 Å². The van der Waals surface area contributed by atoms with E-state index in [2.05, 4.69) is 19.6 Å². The zero-order chi connectivity index (χ0) is 16.2. The first kappa shape index (κ1) is 16.3. The van der Waals surface area contributed by atoms with Gasteiger partial charge in [0.1, 0.15) is 5.82 Å². The standard InChI is InChI=1S/C16H21FN4OS/c1-11-4-3-5-13(15(11)17)14-8-18-16(19-14)20-23-12-9-21(10-12)6-7-22-2/h3-5,8,12H,6-7,9-10H2,1-2H3,(H2,18,19,20). The van der Waals surface area contributed by atoms with Gasteiger partial charge in [0, 0.05) is 32.3 Å². The molecule has 0 amide bonds. The van der Waals surface area contributed by atoms with Gasteiger partial charge < -0.3 is 9.72 Å². The van der Waals surface area contributed by atoms with Gasteiger partial charge in [-0.05, 0) is 30.5 Å². The smallest absolute Gasteiger partial charge is 0.210 e. The molecule has 7 heteroatoms. The molecule has 124 valence electrons. The summed E-state index contributed by atoms with van der Waals surface area (Å²) in [5.41, 5.74) is 1.86. The molecule has 1 aromatic carbocycles. The number of hydrogen-bond donors (Lipinski definition) is 2. The third kappa shape index (κ3) is 3.85. The molecular weight excluding hydrogens is 315 g/mol. The third-order valence-electron chi connectivity index (χ3n) is 3.92. The second kappa shape index (κ2) is 7.33. The highest BCUT2D eigenvalue weighted by atomic mass is 32.2. The molecule has 0 saturated carbocycles. The molecule has 1 aromatic heterocycles. The molecule has 0 spiro atoms. The minimum Gasteiger partial charge on any atom is -0.383 e. The number of likely N-dealkylation sites (tertiary alicyclic amines) is 1. The Bertz CT molecular complexity index is 657. The van der Waals surface area contributed by atoms with Crippen LogP contribution >= 0.6 is 11.9 Å². The second-order valence-electron chi connectivity index (χ2n) is 5.68. The summed E-state index contributed by atoms with van der Waals surface area (Å²) < 4.78 is 22.4. The molecule has 0 atom stereocenters. The number of methoxy groups -OCH3 is 1. The monoisotopic (exact) mass is 336 g/mol. The maximum Gasteiger partial charge on any atom is 0.210 e. The predicted molar refractivity (Wildman–Crippen MR) is 92.0 cm³/mol. The van der Waals surface area contributed by atoms with Gasteiger partial charge in [0.15, 0.2) is 0 Å². The molecule has 0 unspecified atom stereocenters. The van der Waals surface area contributed by atoms with Crippen LogP contribution in [0.4, 0.5) is 10.3 Å². The van der Waals surface area contributed by atoms with Crippen LogP contribution in [0.5, 0.6) is 0 Å². The van der Waals surface area contributed by atoms with Crippen molar-refractivity contribution >= 4 is 17.9 Å². The van der Waals surface area contributed by atoms with Crippen LogP contribution < -0.4 is 4.72 Å². The zero-order valence-electron chi connectivity index (χ0n) is 13.3. The minimum absolute atomic E-state index is 0.205. The number of aromatic nitrogens is 2. The highest BCUT2D eigenvalue weighted by molar-refractivity contribution is 8.01. The quantitative estimate of drug-likeness (QED) is 0.762. The molecule has 0 radical (unpaired) electrons. The van der Waals surface area contributed by atoms with Gasteiger partial charge in [-0.25, -0.2) is 9.37 Å². The summed E-state index contributed by atoms with van der Waals surface area (Å²) in [6.07, 6.45) is 1.66. The number of nitrogens with zero attached hydrogens (tertiary/aromatic N) is 2. The molecule has 3 rings (SSSR count). The van der Waals surface area contributed by atoms with Crippen LogP contribution in [0.25, 0.3) is 11.3 Å². The summed E-state index contributed by atoms with van der Waals surface area (Å²) in [5.74, 6) is 0.448. The number of aryl methyl sites for hydroxylation is 1. The van der Waals surface area contributed by atoms with Gasteiger partial charge >= 0.3 is 0 Å². The molecule has 0 bridgehead atoms. The number of halogens is 1. The van der Waals surface area contributed by atoms with Crippen LogP contribution in [0.3, 0.4) is 0 Å². The molecule has 5 nitrogen and oxygen atoms in total. The van der Waals surface area contributed by atoms with Gasteiger partial charge in [-0.1, -0.05) is 12.1 Å². The van der Waals surface area contributed by atoms with Crippen LogP contribution in [0, 0.1) is 12.7 Å².